The Labute approximate surface area is 260 Å². The number of aromatic nitrogens is 2. The van der Waals surface area contributed by atoms with Gasteiger partial charge in [0.1, 0.15) is 0 Å². The van der Waals surface area contributed by atoms with Crippen molar-refractivity contribution in [2.75, 3.05) is 0 Å². The van der Waals surface area contributed by atoms with Crippen LogP contribution in [0.1, 0.15) is 0 Å². The van der Waals surface area contributed by atoms with Crippen molar-refractivity contribution in [3.63, 3.8) is 0 Å². The summed E-state index contributed by atoms with van der Waals surface area (Å²) in [6, 6.07) is 51.2. The molecule has 0 atom stereocenters. The number of hydrogen-bond donors (Lipinski definition) is 0. The molecule has 0 radical (unpaired) electrons. The van der Waals surface area contributed by atoms with Crippen LogP contribution in [0.25, 0.3) is 87.0 Å². The van der Waals surface area contributed by atoms with E-state index in [1.807, 2.05) is 24.4 Å². The van der Waals surface area contributed by atoms with Gasteiger partial charge in [-0.25, -0.2) is 4.85 Å². The second kappa shape index (κ2) is 9.91. The van der Waals surface area contributed by atoms with E-state index in [1.54, 1.807) is 0 Å². The number of para-hydroxylation sites is 1. The minimum absolute atomic E-state index is 0.637. The number of benzene rings is 7. The molecule has 0 spiro atoms. The molecule has 208 valence electrons. The van der Waals surface area contributed by atoms with E-state index in [0.29, 0.717) is 5.69 Å². The molecule has 0 saturated carbocycles. The van der Waals surface area contributed by atoms with Crippen LogP contribution in [0.5, 0.6) is 0 Å². The van der Waals surface area contributed by atoms with Gasteiger partial charge in [0.2, 0.25) is 0 Å². The van der Waals surface area contributed by atoms with Crippen molar-refractivity contribution >= 4 is 59.8 Å². The van der Waals surface area contributed by atoms with Crippen molar-refractivity contribution in [3.8, 4) is 28.1 Å². The average Bonchev–Trinajstić information content (AvgIpc) is 3.44. The topological polar surface area (TPSA) is 22.2 Å². The molecule has 0 N–H and O–H groups in total. The fourth-order valence-corrected chi connectivity index (χ4v) is 6.92. The zero-order valence-corrected chi connectivity index (χ0v) is 24.3. The molecule has 0 aliphatic carbocycles. The maximum absolute atomic E-state index is 7.61. The molecule has 3 nitrogen and oxygen atoms in total. The van der Waals surface area contributed by atoms with Gasteiger partial charge in [0, 0.05) is 28.4 Å². The fourth-order valence-electron chi connectivity index (χ4n) is 6.92. The minimum Gasteiger partial charge on any atom is -0.309 e. The monoisotopic (exact) mass is 571 g/mol. The van der Waals surface area contributed by atoms with Crippen molar-refractivity contribution < 1.29 is 0 Å². The first-order chi connectivity index (χ1) is 22.3. The highest BCUT2D eigenvalue weighted by Crippen LogP contribution is 2.39. The van der Waals surface area contributed by atoms with E-state index in [-0.39, 0.29) is 0 Å². The summed E-state index contributed by atoms with van der Waals surface area (Å²) < 4.78 is 2.27. The molecule has 45 heavy (non-hydrogen) atoms. The third-order valence-corrected chi connectivity index (χ3v) is 9.03. The van der Waals surface area contributed by atoms with E-state index in [0.717, 1.165) is 44.3 Å². The summed E-state index contributed by atoms with van der Waals surface area (Å²) in [4.78, 5) is 8.72. The summed E-state index contributed by atoms with van der Waals surface area (Å²) >= 11 is 0. The van der Waals surface area contributed by atoms with E-state index in [2.05, 4.69) is 137 Å². The van der Waals surface area contributed by atoms with Gasteiger partial charge in [0.15, 0.2) is 5.69 Å². The lowest BCUT2D eigenvalue weighted by molar-refractivity contribution is 1.18. The van der Waals surface area contributed by atoms with Crippen LogP contribution in [0, 0.1) is 6.57 Å². The Bertz CT molecular complexity index is 2640. The van der Waals surface area contributed by atoms with Crippen LogP contribution in [0.15, 0.2) is 152 Å². The van der Waals surface area contributed by atoms with Crippen molar-refractivity contribution in [1.29, 1.82) is 0 Å². The molecule has 0 saturated heterocycles. The second-order valence-corrected chi connectivity index (χ2v) is 11.5. The van der Waals surface area contributed by atoms with Crippen LogP contribution in [0.4, 0.5) is 5.69 Å². The highest BCUT2D eigenvalue weighted by molar-refractivity contribution is 6.21. The van der Waals surface area contributed by atoms with Gasteiger partial charge in [0.05, 0.1) is 23.3 Å². The molecule has 0 bridgehead atoms. The van der Waals surface area contributed by atoms with Gasteiger partial charge in [-0.2, -0.15) is 0 Å². The zero-order chi connectivity index (χ0) is 29.9. The van der Waals surface area contributed by atoms with Crippen LogP contribution < -0.4 is 0 Å². The summed E-state index contributed by atoms with van der Waals surface area (Å²) in [5, 5.41) is 9.67. The van der Waals surface area contributed by atoms with Crippen LogP contribution >= 0.6 is 0 Å². The molecule has 2 aromatic heterocycles. The summed E-state index contributed by atoms with van der Waals surface area (Å²) in [6.07, 6.45) is 2.00. The number of hydrogen-bond acceptors (Lipinski definition) is 1. The quantitative estimate of drug-likeness (QED) is 0.153. The minimum atomic E-state index is 0.637. The molecule has 7 aromatic carbocycles. The van der Waals surface area contributed by atoms with Gasteiger partial charge in [-0.3, -0.25) is 4.98 Å². The van der Waals surface area contributed by atoms with Crippen molar-refractivity contribution in [2.24, 2.45) is 0 Å². The predicted octanol–water partition coefficient (Wildman–Crippen LogP) is 11.5. The van der Waals surface area contributed by atoms with E-state index in [4.69, 9.17) is 11.6 Å². The lowest BCUT2D eigenvalue weighted by Gasteiger charge is -2.13. The molecule has 0 aliphatic rings. The molecule has 0 aliphatic heterocycles. The van der Waals surface area contributed by atoms with E-state index < -0.39 is 0 Å². The maximum Gasteiger partial charge on any atom is 0.188 e. The van der Waals surface area contributed by atoms with E-state index >= 15 is 0 Å². The highest BCUT2D eigenvalue weighted by atomic mass is 15.0. The Morgan fingerprint density at radius 3 is 1.98 bits per heavy atom. The van der Waals surface area contributed by atoms with Crippen molar-refractivity contribution in [2.45, 2.75) is 0 Å². The van der Waals surface area contributed by atoms with Gasteiger partial charge >= 0.3 is 0 Å². The van der Waals surface area contributed by atoms with E-state index in [1.165, 1.54) is 37.9 Å². The first-order valence-corrected chi connectivity index (χ1v) is 15.1. The van der Waals surface area contributed by atoms with Crippen LogP contribution in [0.2, 0.25) is 0 Å². The van der Waals surface area contributed by atoms with Crippen LogP contribution in [-0.2, 0) is 0 Å². The van der Waals surface area contributed by atoms with Gasteiger partial charge in [-0.15, -0.1) is 0 Å². The smallest absolute Gasteiger partial charge is 0.188 e. The third-order valence-electron chi connectivity index (χ3n) is 9.03. The fraction of sp³-hybridized carbons (Fsp3) is 0. The molecule has 2 heterocycles. The second-order valence-electron chi connectivity index (χ2n) is 11.5. The van der Waals surface area contributed by atoms with Crippen molar-refractivity contribution in [3.05, 3.63) is 163 Å². The Morgan fingerprint density at radius 2 is 1.18 bits per heavy atom. The lowest BCUT2D eigenvalue weighted by atomic mass is 9.91. The first kappa shape index (κ1) is 25.3. The van der Waals surface area contributed by atoms with Gasteiger partial charge < -0.3 is 4.57 Å². The van der Waals surface area contributed by atoms with Gasteiger partial charge in [-0.1, -0.05) is 97.1 Å². The largest absolute Gasteiger partial charge is 0.309 e. The Balaban J connectivity index is 1.20. The molecule has 0 unspecified atom stereocenters. The average molecular weight is 572 g/mol. The molecule has 3 heteroatoms. The third kappa shape index (κ3) is 3.94. The number of nitrogens with zero attached hydrogens (tertiary/aromatic N) is 3. The lowest BCUT2D eigenvalue weighted by Crippen LogP contribution is -1.93. The standard InChI is InChI=1S/C42H25N3/c1-43-30-18-22-42-39(24-30)38-23-28(17-21-41(38)45(42)31-10-3-2-4-11-31)40-20-16-29(26-44-40)36-25-37-32-12-6-5-9-27(32)15-19-35(37)33-13-7-8-14-34(33)36/h2-26H. The molecule has 0 amide bonds. The number of pyridine rings is 1. The van der Waals surface area contributed by atoms with Gasteiger partial charge in [-0.05, 0) is 91.8 Å². The maximum atomic E-state index is 7.61. The van der Waals surface area contributed by atoms with Crippen LogP contribution in [-0.4, -0.2) is 9.55 Å². The summed E-state index contributed by atoms with van der Waals surface area (Å²) in [7, 11) is 0. The van der Waals surface area contributed by atoms with Crippen molar-refractivity contribution in [1.82, 2.24) is 9.55 Å². The number of rotatable bonds is 3. The number of fused-ring (bicyclic) bond motifs is 8. The molecule has 9 rings (SSSR count). The normalized spacial score (nSPS) is 11.5. The SMILES string of the molecule is [C-]#[N+]c1ccc2c(c1)c1cc(-c3ccc(-c4cc5c6ccccc6ccc5c5ccccc45)cn3)ccc1n2-c1ccccc1. The van der Waals surface area contributed by atoms with E-state index in [9.17, 15) is 0 Å². The summed E-state index contributed by atoms with van der Waals surface area (Å²) in [5.74, 6) is 0. The highest BCUT2D eigenvalue weighted by Gasteiger charge is 2.15. The Kier molecular flexibility index (Phi) is 5.57. The summed E-state index contributed by atoms with van der Waals surface area (Å²) in [5.41, 5.74) is 8.15. The predicted molar refractivity (Wildman–Crippen MR) is 188 cm³/mol. The molecular weight excluding hydrogens is 546 g/mol. The van der Waals surface area contributed by atoms with Gasteiger partial charge in [0.25, 0.3) is 0 Å². The molecule has 9 aromatic rings. The van der Waals surface area contributed by atoms with Crippen LogP contribution in [0.3, 0.4) is 0 Å². The zero-order valence-electron chi connectivity index (χ0n) is 24.3. The Morgan fingerprint density at radius 1 is 0.489 bits per heavy atom. The molecule has 0 fully saturated rings. The molecular formula is C42H25N3. The Hall–Kier alpha value is -6.24. The summed E-state index contributed by atoms with van der Waals surface area (Å²) in [6.45, 7) is 7.61. The first-order valence-electron chi connectivity index (χ1n) is 15.1.